The van der Waals surface area contributed by atoms with Crippen LogP contribution in [0.5, 0.6) is 0 Å². The maximum atomic E-state index is 15.0. The van der Waals surface area contributed by atoms with Crippen molar-refractivity contribution in [1.29, 1.82) is 0 Å². The number of rotatable bonds is 9. The number of pyridine rings is 1. The van der Waals surface area contributed by atoms with E-state index in [-0.39, 0.29) is 17.9 Å². The number of amides is 2. The van der Waals surface area contributed by atoms with Crippen LogP contribution in [0.25, 0.3) is 11.3 Å². The summed E-state index contributed by atoms with van der Waals surface area (Å²) in [5.74, 6) is 0.771. The molecule has 1 fully saturated rings. The second-order valence-electron chi connectivity index (χ2n) is 14.5. The number of para-hydroxylation sites is 1. The van der Waals surface area contributed by atoms with E-state index in [0.717, 1.165) is 78.7 Å². The van der Waals surface area contributed by atoms with Gasteiger partial charge in [0.05, 0.1) is 30.7 Å². The first kappa shape index (κ1) is 36.0. The van der Waals surface area contributed by atoms with E-state index in [4.69, 9.17) is 21.3 Å². The highest BCUT2D eigenvalue weighted by atomic mass is 35.5. The Labute approximate surface area is 322 Å². The minimum absolute atomic E-state index is 0.00419. The number of hydrogen-bond donors (Lipinski definition) is 0. The summed E-state index contributed by atoms with van der Waals surface area (Å²) in [7, 11) is 2.05. The molecule has 9 nitrogen and oxygen atoms in total. The second kappa shape index (κ2) is 15.4. The number of fused-ring (bicyclic) bond motifs is 2. The largest absolute Gasteiger partial charge is 0.379 e. The number of nitrogens with zero attached hydrogens (tertiary/aromatic N) is 6. The summed E-state index contributed by atoms with van der Waals surface area (Å²) in [4.78, 5) is 43.2. The fourth-order valence-corrected chi connectivity index (χ4v) is 8.67. The highest BCUT2D eigenvalue weighted by molar-refractivity contribution is 6.31. The third kappa shape index (κ3) is 6.81. The molecule has 0 bridgehead atoms. The van der Waals surface area contributed by atoms with Gasteiger partial charge < -0.3 is 19.1 Å². The molecule has 0 unspecified atom stereocenters. The van der Waals surface area contributed by atoms with Gasteiger partial charge in [-0.15, -0.1) is 0 Å². The number of aromatic nitrogens is 2. The van der Waals surface area contributed by atoms with Crippen LogP contribution in [-0.2, 0) is 37.1 Å². The Balaban J connectivity index is 1.21. The van der Waals surface area contributed by atoms with Gasteiger partial charge in [-0.05, 0) is 85.3 Å². The van der Waals surface area contributed by atoms with Crippen molar-refractivity contribution in [2.45, 2.75) is 52.2 Å². The van der Waals surface area contributed by atoms with Crippen molar-refractivity contribution >= 4 is 40.6 Å². The number of benzene rings is 3. The van der Waals surface area contributed by atoms with Crippen LogP contribution in [0, 0.1) is 0 Å². The number of morpholine rings is 1. The monoisotopic (exact) mass is 742 g/mol. The summed E-state index contributed by atoms with van der Waals surface area (Å²) in [6.45, 7) is 10.1. The van der Waals surface area contributed by atoms with E-state index in [1.54, 1.807) is 17.2 Å². The SMILES string of the molecule is CCc1c(C(=O)N(c2ccccc2)c2cnc3c(c2)CCN3C)cc(-c2cc(Cl)ccc2C(=O)N2Cc3ccccc3C[C@H]2CN2CCOCC2)n1CC. The number of carbonyl (C=O) groups excluding carboxylic acids is 2. The number of ether oxygens (including phenoxy) is 1. The highest BCUT2D eigenvalue weighted by Crippen LogP contribution is 2.38. The predicted octanol–water partition coefficient (Wildman–Crippen LogP) is 7.66. The van der Waals surface area contributed by atoms with Gasteiger partial charge in [-0.25, -0.2) is 4.98 Å². The van der Waals surface area contributed by atoms with Gasteiger partial charge in [0.2, 0.25) is 0 Å². The molecule has 5 heterocycles. The molecule has 0 radical (unpaired) electrons. The lowest BCUT2D eigenvalue weighted by molar-refractivity contribution is 0.0193. The maximum Gasteiger partial charge on any atom is 0.264 e. The number of halogens is 1. The van der Waals surface area contributed by atoms with Crippen molar-refractivity contribution in [3.8, 4) is 11.3 Å². The zero-order valence-electron chi connectivity index (χ0n) is 31.3. The Morgan fingerprint density at radius 3 is 2.39 bits per heavy atom. The average Bonchev–Trinajstić information content (AvgIpc) is 3.77. The van der Waals surface area contributed by atoms with Gasteiger partial charge in [0.25, 0.3) is 11.8 Å². The third-order valence-electron chi connectivity index (χ3n) is 11.2. The molecule has 2 aromatic heterocycles. The molecule has 0 spiro atoms. The molecule has 278 valence electrons. The number of likely N-dealkylation sites (N-methyl/N-ethyl adjacent to an activating group) is 1. The zero-order valence-corrected chi connectivity index (χ0v) is 32.1. The van der Waals surface area contributed by atoms with Crippen molar-refractivity contribution in [2.75, 3.05) is 56.2 Å². The van der Waals surface area contributed by atoms with Crippen molar-refractivity contribution in [3.05, 3.63) is 130 Å². The van der Waals surface area contributed by atoms with E-state index in [2.05, 4.69) is 52.5 Å². The van der Waals surface area contributed by atoms with E-state index in [9.17, 15) is 0 Å². The minimum Gasteiger partial charge on any atom is -0.379 e. The number of carbonyl (C=O) groups is 2. The van der Waals surface area contributed by atoms with Gasteiger partial charge in [-0.2, -0.15) is 0 Å². The quantitative estimate of drug-likeness (QED) is 0.155. The summed E-state index contributed by atoms with van der Waals surface area (Å²) < 4.78 is 7.81. The minimum atomic E-state index is -0.146. The lowest BCUT2D eigenvalue weighted by Gasteiger charge is -2.40. The summed E-state index contributed by atoms with van der Waals surface area (Å²) >= 11 is 6.75. The molecule has 54 heavy (non-hydrogen) atoms. The summed E-state index contributed by atoms with van der Waals surface area (Å²) in [6, 6.07) is 27.8. The van der Waals surface area contributed by atoms with Gasteiger partial charge in [0.1, 0.15) is 5.82 Å². The Kier molecular flexibility index (Phi) is 10.3. The Bertz CT molecular complexity index is 2180. The van der Waals surface area contributed by atoms with E-state index in [1.807, 2.05) is 66.5 Å². The molecule has 1 saturated heterocycles. The molecule has 3 aliphatic rings. The molecule has 3 aliphatic heterocycles. The second-order valence-corrected chi connectivity index (χ2v) is 14.9. The average molecular weight is 743 g/mol. The van der Waals surface area contributed by atoms with Gasteiger partial charge in [-0.1, -0.05) is 61.0 Å². The fraction of sp³-hybridized carbons (Fsp3) is 0.341. The van der Waals surface area contributed by atoms with Crippen LogP contribution < -0.4 is 9.80 Å². The third-order valence-corrected chi connectivity index (χ3v) is 11.5. The number of hydrogen-bond acceptors (Lipinski definition) is 6. The van der Waals surface area contributed by atoms with E-state index in [0.29, 0.717) is 48.9 Å². The molecule has 3 aromatic carbocycles. The Morgan fingerprint density at radius 2 is 1.63 bits per heavy atom. The molecule has 0 saturated carbocycles. The first-order chi connectivity index (χ1) is 26.3. The first-order valence-corrected chi connectivity index (χ1v) is 19.5. The smallest absolute Gasteiger partial charge is 0.264 e. The van der Waals surface area contributed by atoms with E-state index < -0.39 is 0 Å². The van der Waals surface area contributed by atoms with E-state index >= 15 is 9.59 Å². The molecule has 0 N–H and O–H groups in total. The zero-order chi connectivity index (χ0) is 37.3. The molecule has 2 amide bonds. The molecule has 8 rings (SSSR count). The van der Waals surface area contributed by atoms with Crippen molar-refractivity contribution in [1.82, 2.24) is 19.4 Å². The van der Waals surface area contributed by atoms with Gasteiger partial charge in [-0.3, -0.25) is 19.4 Å². The topological polar surface area (TPSA) is 74.2 Å². The molecule has 5 aromatic rings. The summed E-state index contributed by atoms with van der Waals surface area (Å²) in [5, 5.41) is 0.533. The molecule has 0 aliphatic carbocycles. The maximum absolute atomic E-state index is 15.0. The first-order valence-electron chi connectivity index (χ1n) is 19.1. The van der Waals surface area contributed by atoms with Crippen LogP contribution in [0.1, 0.15) is 56.9 Å². The molecular formula is C44H47ClN6O3. The van der Waals surface area contributed by atoms with Gasteiger partial charge >= 0.3 is 0 Å². The Hall–Kier alpha value is -4.96. The molecule has 10 heteroatoms. The summed E-state index contributed by atoms with van der Waals surface area (Å²) in [6.07, 6.45) is 4.09. The summed E-state index contributed by atoms with van der Waals surface area (Å²) in [5.41, 5.74) is 8.67. The normalized spacial score (nSPS) is 17.0. The van der Waals surface area contributed by atoms with Crippen LogP contribution in [0.15, 0.2) is 91.1 Å². The fourth-order valence-electron chi connectivity index (χ4n) is 8.49. The van der Waals surface area contributed by atoms with Crippen molar-refractivity contribution in [2.24, 2.45) is 0 Å². The molecular weight excluding hydrogens is 696 g/mol. The van der Waals surface area contributed by atoms with E-state index in [1.165, 1.54) is 11.1 Å². The van der Waals surface area contributed by atoms with Crippen LogP contribution in [-0.4, -0.2) is 83.6 Å². The highest BCUT2D eigenvalue weighted by Gasteiger charge is 2.34. The van der Waals surface area contributed by atoms with Crippen LogP contribution in [0.3, 0.4) is 0 Å². The van der Waals surface area contributed by atoms with Gasteiger partial charge in [0.15, 0.2) is 0 Å². The lowest BCUT2D eigenvalue weighted by atomic mass is 9.92. The van der Waals surface area contributed by atoms with Crippen molar-refractivity contribution < 1.29 is 14.3 Å². The standard InChI is InChI=1S/C44H47ClN6O3/c1-4-40-39(44(53)51(34-13-7-6-8-14-34)35-24-31-17-18-47(3)42(31)46-27-35)26-41(49(40)5-2)38-25-33(45)15-16-37(38)43(52)50-28-32-12-10-9-11-30(32)23-36(50)29-48-19-21-54-22-20-48/h6-16,24-27,36H,4-5,17-23,28-29H2,1-3H3/t36-/m0/s1. The van der Waals surface area contributed by atoms with Crippen LogP contribution in [0.2, 0.25) is 5.02 Å². The molecule has 1 atom stereocenters. The number of anilines is 3. The Morgan fingerprint density at radius 1 is 0.870 bits per heavy atom. The van der Waals surface area contributed by atoms with Crippen molar-refractivity contribution in [3.63, 3.8) is 0 Å². The van der Waals surface area contributed by atoms with Crippen LogP contribution >= 0.6 is 11.6 Å². The van der Waals surface area contributed by atoms with Gasteiger partial charge in [0, 0.05) is 85.6 Å². The van der Waals surface area contributed by atoms with Crippen LogP contribution in [0.4, 0.5) is 17.2 Å². The lowest BCUT2D eigenvalue weighted by Crippen LogP contribution is -2.52. The predicted molar refractivity (Wildman–Crippen MR) is 215 cm³/mol.